The fourth-order valence-electron chi connectivity index (χ4n) is 2.93. The van der Waals surface area contributed by atoms with Crippen molar-refractivity contribution in [3.05, 3.63) is 64.1 Å². The number of amides is 5. The Morgan fingerprint density at radius 1 is 0.889 bits per heavy atom. The molecule has 2 aromatic carbocycles. The van der Waals surface area contributed by atoms with Crippen molar-refractivity contribution in [1.29, 1.82) is 0 Å². The van der Waals surface area contributed by atoms with E-state index in [1.165, 1.54) is 19.2 Å². The number of hydrogen-bond donors (Lipinski definition) is 0. The zero-order valence-corrected chi connectivity index (χ0v) is 15.5. The molecule has 0 radical (unpaired) electrons. The van der Waals surface area contributed by atoms with Crippen LogP contribution in [0, 0.1) is 0 Å². The highest BCUT2D eigenvalue weighted by Gasteiger charge is 2.49. The number of nitrogens with zero attached hydrogens (tertiary/aromatic N) is 3. The fourth-order valence-corrected chi connectivity index (χ4v) is 3.20. The molecule has 9 heteroatoms. The molecule has 1 atom stereocenters. The fraction of sp³-hybridized carbons (Fsp3) is 0.111. The number of carbonyl (C=O) groups is 4. The van der Waals surface area contributed by atoms with Crippen LogP contribution in [0.4, 0.5) is 10.5 Å². The molecule has 8 nitrogen and oxygen atoms in total. The lowest BCUT2D eigenvalue weighted by molar-refractivity contribution is -0.158. The molecule has 27 heavy (non-hydrogen) atoms. The van der Waals surface area contributed by atoms with E-state index in [1.54, 1.807) is 36.4 Å². The average Bonchev–Trinajstić information content (AvgIpc) is 3.04. The van der Waals surface area contributed by atoms with Gasteiger partial charge in [0.1, 0.15) is 0 Å². The SMILES string of the molecule is CN1C(=O)C(ON2C(=O)c3ccccc3C2=O)N(c2ccc(Br)cc2)C1=O. The summed E-state index contributed by atoms with van der Waals surface area (Å²) in [6.45, 7) is 0. The van der Waals surface area contributed by atoms with Gasteiger partial charge in [-0.15, -0.1) is 5.06 Å². The Morgan fingerprint density at radius 3 is 2.00 bits per heavy atom. The number of benzene rings is 2. The van der Waals surface area contributed by atoms with Crippen LogP contribution in [-0.2, 0) is 9.63 Å². The molecule has 4 rings (SSSR count). The van der Waals surface area contributed by atoms with Crippen molar-refractivity contribution in [2.24, 2.45) is 0 Å². The normalized spacial score (nSPS) is 19.3. The van der Waals surface area contributed by atoms with Gasteiger partial charge in [0.25, 0.3) is 17.7 Å². The smallest absolute Gasteiger partial charge is 0.269 e. The van der Waals surface area contributed by atoms with Gasteiger partial charge in [-0.3, -0.25) is 24.2 Å². The Labute approximate surface area is 162 Å². The average molecular weight is 430 g/mol. The van der Waals surface area contributed by atoms with Crippen LogP contribution in [0.5, 0.6) is 0 Å². The molecule has 5 amide bonds. The zero-order chi connectivity index (χ0) is 19.3. The van der Waals surface area contributed by atoms with E-state index in [4.69, 9.17) is 4.84 Å². The molecular weight excluding hydrogens is 418 g/mol. The summed E-state index contributed by atoms with van der Waals surface area (Å²) in [6, 6.07) is 12.3. The second kappa shape index (κ2) is 6.29. The van der Waals surface area contributed by atoms with Gasteiger partial charge < -0.3 is 0 Å². The van der Waals surface area contributed by atoms with E-state index in [1.807, 2.05) is 0 Å². The van der Waals surface area contributed by atoms with Crippen molar-refractivity contribution in [2.45, 2.75) is 6.23 Å². The van der Waals surface area contributed by atoms with Crippen LogP contribution in [0.15, 0.2) is 53.0 Å². The van der Waals surface area contributed by atoms with E-state index in [2.05, 4.69) is 15.9 Å². The molecule has 2 aliphatic rings. The molecule has 0 N–H and O–H groups in total. The lowest BCUT2D eigenvalue weighted by Gasteiger charge is -2.24. The van der Waals surface area contributed by atoms with Crippen molar-refractivity contribution in [3.63, 3.8) is 0 Å². The molecule has 136 valence electrons. The van der Waals surface area contributed by atoms with Gasteiger partial charge in [-0.2, -0.15) is 0 Å². The highest BCUT2D eigenvalue weighted by atomic mass is 79.9. The number of hydroxylamine groups is 2. The van der Waals surface area contributed by atoms with E-state index in [-0.39, 0.29) is 11.1 Å². The van der Waals surface area contributed by atoms with Crippen LogP contribution >= 0.6 is 15.9 Å². The molecular formula is C18H12BrN3O5. The van der Waals surface area contributed by atoms with Crippen molar-refractivity contribution >= 4 is 45.4 Å². The Morgan fingerprint density at radius 2 is 1.44 bits per heavy atom. The van der Waals surface area contributed by atoms with Crippen LogP contribution in [0.3, 0.4) is 0 Å². The van der Waals surface area contributed by atoms with Crippen LogP contribution < -0.4 is 4.90 Å². The van der Waals surface area contributed by atoms with Gasteiger partial charge in [-0.05, 0) is 36.4 Å². The lowest BCUT2D eigenvalue weighted by Crippen LogP contribution is -2.44. The van der Waals surface area contributed by atoms with Gasteiger partial charge >= 0.3 is 6.03 Å². The summed E-state index contributed by atoms with van der Waals surface area (Å²) < 4.78 is 0.787. The van der Waals surface area contributed by atoms with Gasteiger partial charge in [-0.25, -0.2) is 9.63 Å². The second-order valence-corrected chi connectivity index (χ2v) is 6.85. The number of fused-ring (bicyclic) bond motifs is 1. The molecule has 2 heterocycles. The first-order valence-corrected chi connectivity index (χ1v) is 8.70. The minimum atomic E-state index is -1.47. The number of rotatable bonds is 3. The van der Waals surface area contributed by atoms with E-state index in [0.29, 0.717) is 10.8 Å². The summed E-state index contributed by atoms with van der Waals surface area (Å²) in [5.74, 6) is -2.04. The lowest BCUT2D eigenvalue weighted by atomic mass is 10.1. The molecule has 1 saturated heterocycles. The van der Waals surface area contributed by atoms with Gasteiger partial charge in [0.15, 0.2) is 0 Å². The molecule has 0 saturated carbocycles. The maximum atomic E-state index is 12.5. The monoisotopic (exact) mass is 429 g/mol. The number of halogens is 1. The van der Waals surface area contributed by atoms with Crippen molar-refractivity contribution < 1.29 is 24.0 Å². The largest absolute Gasteiger partial charge is 0.333 e. The van der Waals surface area contributed by atoms with Gasteiger partial charge in [0.2, 0.25) is 6.23 Å². The number of likely N-dealkylation sites (N-methyl/N-ethyl adjacent to an activating group) is 1. The summed E-state index contributed by atoms with van der Waals surface area (Å²) in [5, 5.41) is 0.533. The minimum Gasteiger partial charge on any atom is -0.269 e. The maximum absolute atomic E-state index is 12.5. The summed E-state index contributed by atoms with van der Waals surface area (Å²) in [7, 11) is 1.31. The van der Waals surface area contributed by atoms with E-state index in [9.17, 15) is 19.2 Å². The summed E-state index contributed by atoms with van der Waals surface area (Å²) in [6.07, 6.45) is -1.47. The molecule has 2 aliphatic heterocycles. The first-order chi connectivity index (χ1) is 12.9. The standard InChI is InChI=1S/C18H12BrN3O5/c1-20-16(25)17(21(18(20)26)11-8-6-10(19)7-9-11)27-22-14(23)12-4-2-3-5-13(12)15(22)24/h2-9,17H,1H3. The Balaban J connectivity index is 1.68. The predicted octanol–water partition coefficient (Wildman–Crippen LogP) is 2.40. The summed E-state index contributed by atoms with van der Waals surface area (Å²) in [4.78, 5) is 57.5. The Bertz CT molecular complexity index is 956. The van der Waals surface area contributed by atoms with Crippen molar-refractivity contribution in [2.75, 3.05) is 11.9 Å². The highest BCUT2D eigenvalue weighted by molar-refractivity contribution is 9.10. The number of carbonyl (C=O) groups excluding carboxylic acids is 4. The summed E-state index contributed by atoms with van der Waals surface area (Å²) >= 11 is 3.30. The zero-order valence-electron chi connectivity index (χ0n) is 14.0. The molecule has 0 aromatic heterocycles. The molecule has 1 unspecified atom stereocenters. The number of urea groups is 1. The number of hydrogen-bond acceptors (Lipinski definition) is 5. The molecule has 0 aliphatic carbocycles. The van der Waals surface area contributed by atoms with E-state index < -0.39 is 30.0 Å². The van der Waals surface area contributed by atoms with Gasteiger partial charge in [0.05, 0.1) is 11.1 Å². The van der Waals surface area contributed by atoms with E-state index in [0.717, 1.165) is 14.3 Å². The van der Waals surface area contributed by atoms with Crippen molar-refractivity contribution in [1.82, 2.24) is 9.96 Å². The molecule has 1 fully saturated rings. The van der Waals surface area contributed by atoms with Gasteiger partial charge in [0, 0.05) is 17.2 Å². The quantitative estimate of drug-likeness (QED) is 0.552. The third kappa shape index (κ3) is 2.63. The minimum absolute atomic E-state index is 0.183. The van der Waals surface area contributed by atoms with Crippen LogP contribution in [-0.4, -0.2) is 47.0 Å². The van der Waals surface area contributed by atoms with E-state index >= 15 is 0 Å². The second-order valence-electron chi connectivity index (χ2n) is 5.93. The molecule has 2 aromatic rings. The third-order valence-electron chi connectivity index (χ3n) is 4.34. The van der Waals surface area contributed by atoms with Crippen LogP contribution in [0.2, 0.25) is 0 Å². The molecule has 0 bridgehead atoms. The molecule has 0 spiro atoms. The third-order valence-corrected chi connectivity index (χ3v) is 4.86. The van der Waals surface area contributed by atoms with Crippen LogP contribution in [0.1, 0.15) is 20.7 Å². The highest BCUT2D eigenvalue weighted by Crippen LogP contribution is 2.30. The van der Waals surface area contributed by atoms with Crippen LogP contribution in [0.25, 0.3) is 0 Å². The van der Waals surface area contributed by atoms with Gasteiger partial charge in [-0.1, -0.05) is 28.1 Å². The first-order valence-electron chi connectivity index (χ1n) is 7.91. The summed E-state index contributed by atoms with van der Waals surface area (Å²) in [5.41, 5.74) is 0.758. The number of anilines is 1. The number of imide groups is 2. The van der Waals surface area contributed by atoms with Crippen molar-refractivity contribution in [3.8, 4) is 0 Å². The topological polar surface area (TPSA) is 87.2 Å². The Hall–Kier alpha value is -3.04. The Kier molecular flexibility index (Phi) is 4.05. The maximum Gasteiger partial charge on any atom is 0.333 e. The predicted molar refractivity (Wildman–Crippen MR) is 96.6 cm³/mol. The first kappa shape index (κ1) is 17.4.